The highest BCUT2D eigenvalue weighted by Crippen LogP contribution is 2.65. The number of hydrogen-bond donors (Lipinski definition) is 0. The minimum atomic E-state index is -0.540. The normalized spacial score (nSPS) is 13.4. The highest BCUT2D eigenvalue weighted by Gasteiger charge is 2.52. The van der Waals surface area contributed by atoms with Gasteiger partial charge in [0.2, 0.25) is 0 Å². The maximum absolute atomic E-state index is 2.77. The SMILES string of the molecule is CCCCCCCCCCCCc1ccc(C2(c3ccc(CCCCCCCCCCCC)cc3)c3cc4c(cc3-c3c2ccc2sccc32)C(c2ccc(CCCCCCCCCCCC)cc2)(c2ccc(CCCCCCCCCCCC)cc2)c2ccc3sccc3c2-4)cc1. The second-order valence-corrected chi connectivity index (χ2v) is 32.5. The smallest absolute Gasteiger partial charge is 0.0714 e. The molecule has 522 valence electrons. The molecule has 0 saturated heterocycles. The summed E-state index contributed by atoms with van der Waals surface area (Å²) in [4.78, 5) is 0. The molecule has 11 rings (SSSR count). The molecule has 0 atom stereocenters. The largest absolute Gasteiger partial charge is 0.144 e. The first-order valence-electron chi connectivity index (χ1n) is 41.1. The number of aryl methyl sites for hydroxylation is 4. The fourth-order valence-electron chi connectivity index (χ4n) is 17.7. The predicted octanol–water partition coefficient (Wildman–Crippen LogP) is 30.7. The third-order valence-corrected chi connectivity index (χ3v) is 25.2. The molecule has 2 aromatic heterocycles. The van der Waals surface area contributed by atoms with Crippen LogP contribution in [0.3, 0.4) is 0 Å². The molecule has 2 aliphatic carbocycles. The molecule has 0 spiro atoms. The molecule has 7 aromatic carbocycles. The number of hydrogen-bond acceptors (Lipinski definition) is 2. The van der Waals surface area contributed by atoms with Gasteiger partial charge in [-0.3, -0.25) is 0 Å². The van der Waals surface area contributed by atoms with Crippen LogP contribution >= 0.6 is 22.7 Å². The van der Waals surface area contributed by atoms with Crippen molar-refractivity contribution in [1.82, 2.24) is 0 Å². The van der Waals surface area contributed by atoms with Crippen LogP contribution in [-0.4, -0.2) is 0 Å². The van der Waals surface area contributed by atoms with E-state index in [9.17, 15) is 0 Å². The molecule has 0 N–H and O–H groups in total. The molecule has 0 fully saturated rings. The lowest BCUT2D eigenvalue weighted by Crippen LogP contribution is -2.30. The molecule has 0 saturated carbocycles. The number of benzene rings is 7. The van der Waals surface area contributed by atoms with Crippen LogP contribution in [0.5, 0.6) is 0 Å². The fraction of sp³-hybridized carbons (Fsp3) is 0.521. The van der Waals surface area contributed by atoms with E-state index in [2.05, 4.69) is 184 Å². The summed E-state index contributed by atoms with van der Waals surface area (Å²) in [7, 11) is 0. The Morgan fingerprint density at radius 3 is 0.684 bits per heavy atom. The van der Waals surface area contributed by atoms with Crippen LogP contribution in [0.15, 0.2) is 156 Å². The van der Waals surface area contributed by atoms with E-state index in [1.165, 1.54) is 366 Å². The molecule has 0 bridgehead atoms. The predicted molar refractivity (Wildman–Crippen MR) is 434 cm³/mol. The molecular formula is C96H126S2. The maximum Gasteiger partial charge on any atom is 0.0714 e. The van der Waals surface area contributed by atoms with Gasteiger partial charge < -0.3 is 0 Å². The van der Waals surface area contributed by atoms with Crippen molar-refractivity contribution in [2.75, 3.05) is 0 Å². The van der Waals surface area contributed by atoms with Crippen molar-refractivity contribution < 1.29 is 0 Å². The van der Waals surface area contributed by atoms with Gasteiger partial charge in [0, 0.05) is 20.2 Å². The maximum atomic E-state index is 2.77. The average molecular weight is 1340 g/mol. The van der Waals surface area contributed by atoms with Crippen LogP contribution in [0.1, 0.15) is 351 Å². The van der Waals surface area contributed by atoms with Gasteiger partial charge in [0.15, 0.2) is 0 Å². The highest BCUT2D eigenvalue weighted by atomic mass is 32.1. The zero-order valence-corrected chi connectivity index (χ0v) is 63.6. The number of fused-ring (bicyclic) bond motifs is 10. The van der Waals surface area contributed by atoms with Gasteiger partial charge in [-0.15, -0.1) is 22.7 Å². The minimum Gasteiger partial charge on any atom is -0.144 e. The van der Waals surface area contributed by atoms with Crippen LogP contribution in [-0.2, 0) is 36.5 Å². The summed E-state index contributed by atoms with van der Waals surface area (Å²) in [5.74, 6) is 0. The number of unbranched alkanes of at least 4 members (excludes halogenated alkanes) is 36. The number of thiophene rings is 2. The summed E-state index contributed by atoms with van der Waals surface area (Å²) in [6, 6.07) is 61.2. The standard InChI is InChI=1S/C96H126S2/c1-5-9-13-17-21-25-29-33-37-41-45-75-49-57-79(58-50-75)95(80-59-51-76(52-60-80)46-42-38-34-30-26-22-18-14-10-6-2)87-65-67-91-83(69-71-97-91)93(87)85-74-90-86(73-89(85)95)94-84-70-72-98-92(84)68-66-88(94)96(90,81-61-53-77(54-62-81)47-43-39-35-31-27-23-19-15-11-7-3)82-63-55-78(56-64-82)48-44-40-36-32-28-24-20-16-12-8-4/h49-74H,5-48H2,1-4H3. The highest BCUT2D eigenvalue weighted by molar-refractivity contribution is 7.17. The topological polar surface area (TPSA) is 0 Å². The Bertz CT molecular complexity index is 3370. The molecule has 0 aliphatic heterocycles. The summed E-state index contributed by atoms with van der Waals surface area (Å²) in [6.07, 6.45) is 59.2. The van der Waals surface area contributed by atoms with Crippen LogP contribution in [0.4, 0.5) is 0 Å². The molecule has 0 radical (unpaired) electrons. The Balaban J connectivity index is 0.981. The van der Waals surface area contributed by atoms with E-state index in [0.717, 1.165) is 25.7 Å². The number of rotatable bonds is 48. The third-order valence-electron chi connectivity index (χ3n) is 23.4. The summed E-state index contributed by atoms with van der Waals surface area (Å²) in [5.41, 5.74) is 21.7. The van der Waals surface area contributed by atoms with E-state index >= 15 is 0 Å². The van der Waals surface area contributed by atoms with Gasteiger partial charge in [0.05, 0.1) is 10.8 Å². The molecule has 98 heavy (non-hydrogen) atoms. The monoisotopic (exact) mass is 1340 g/mol. The lowest BCUT2D eigenvalue weighted by Gasteiger charge is -2.36. The molecule has 0 nitrogen and oxygen atoms in total. The zero-order valence-electron chi connectivity index (χ0n) is 61.9. The summed E-state index contributed by atoms with van der Waals surface area (Å²) in [5, 5.41) is 7.48. The van der Waals surface area contributed by atoms with Gasteiger partial charge in [-0.05, 0) is 188 Å². The van der Waals surface area contributed by atoms with Crippen molar-refractivity contribution in [3.8, 4) is 22.3 Å². The van der Waals surface area contributed by atoms with Crippen molar-refractivity contribution in [1.29, 1.82) is 0 Å². The van der Waals surface area contributed by atoms with E-state index < -0.39 is 10.8 Å². The summed E-state index contributed by atoms with van der Waals surface area (Å²) < 4.78 is 2.74. The van der Waals surface area contributed by atoms with Crippen LogP contribution in [0, 0.1) is 0 Å². The van der Waals surface area contributed by atoms with Crippen molar-refractivity contribution in [3.63, 3.8) is 0 Å². The van der Waals surface area contributed by atoms with Gasteiger partial charge in [-0.2, -0.15) is 0 Å². The van der Waals surface area contributed by atoms with E-state index in [0.29, 0.717) is 0 Å². The van der Waals surface area contributed by atoms with Crippen LogP contribution in [0.25, 0.3) is 42.4 Å². The third kappa shape index (κ3) is 18.0. The van der Waals surface area contributed by atoms with Gasteiger partial charge in [0.25, 0.3) is 0 Å². The summed E-state index contributed by atoms with van der Waals surface area (Å²) >= 11 is 3.80. The van der Waals surface area contributed by atoms with Crippen molar-refractivity contribution >= 4 is 42.8 Å². The molecule has 2 heterocycles. The molecule has 2 aliphatic rings. The first-order valence-corrected chi connectivity index (χ1v) is 42.9. The van der Waals surface area contributed by atoms with Crippen molar-refractivity contribution in [3.05, 3.63) is 223 Å². The average Bonchev–Trinajstić information content (AvgIpc) is 1.50. The second kappa shape index (κ2) is 39.0. The van der Waals surface area contributed by atoms with Gasteiger partial charge in [-0.25, -0.2) is 0 Å². The Kier molecular flexibility index (Phi) is 29.3. The van der Waals surface area contributed by atoms with Crippen LogP contribution < -0.4 is 0 Å². The lowest BCUT2D eigenvalue weighted by molar-refractivity contribution is 0.556. The van der Waals surface area contributed by atoms with E-state index in [1.807, 2.05) is 22.7 Å². The van der Waals surface area contributed by atoms with E-state index in [4.69, 9.17) is 0 Å². The Morgan fingerprint density at radius 1 is 0.224 bits per heavy atom. The molecule has 0 amide bonds. The molecule has 0 unspecified atom stereocenters. The Hall–Kier alpha value is -5.54. The van der Waals surface area contributed by atoms with E-state index in [-0.39, 0.29) is 0 Å². The van der Waals surface area contributed by atoms with E-state index in [1.54, 1.807) is 0 Å². The molecule has 9 aromatic rings. The fourth-order valence-corrected chi connectivity index (χ4v) is 19.3. The first kappa shape index (κ1) is 73.7. The summed E-state index contributed by atoms with van der Waals surface area (Å²) in [6.45, 7) is 9.29. The van der Waals surface area contributed by atoms with Gasteiger partial charge in [0.1, 0.15) is 0 Å². The molecular weight excluding hydrogens is 1220 g/mol. The van der Waals surface area contributed by atoms with Crippen molar-refractivity contribution in [2.45, 2.75) is 321 Å². The zero-order chi connectivity index (χ0) is 67.5. The Morgan fingerprint density at radius 2 is 0.449 bits per heavy atom. The van der Waals surface area contributed by atoms with Crippen molar-refractivity contribution in [2.24, 2.45) is 0 Å². The lowest BCUT2D eigenvalue weighted by atomic mass is 9.65. The van der Waals surface area contributed by atoms with Gasteiger partial charge in [-0.1, -0.05) is 368 Å². The minimum absolute atomic E-state index is 0.540. The second-order valence-electron chi connectivity index (χ2n) is 30.6. The Labute approximate surface area is 605 Å². The van der Waals surface area contributed by atoms with Gasteiger partial charge >= 0.3 is 0 Å². The quantitative estimate of drug-likeness (QED) is 0.0334. The van der Waals surface area contributed by atoms with Crippen LogP contribution in [0.2, 0.25) is 0 Å². The molecule has 2 heteroatoms. The first-order chi connectivity index (χ1) is 48.5.